The zero-order valence-corrected chi connectivity index (χ0v) is 10.2. The maximum atomic E-state index is 5.59. The van der Waals surface area contributed by atoms with Crippen LogP contribution in [0.2, 0.25) is 0 Å². The Morgan fingerprint density at radius 2 is 1.38 bits per heavy atom. The van der Waals surface area contributed by atoms with E-state index in [0.717, 1.165) is 39.1 Å². The zero-order valence-electron chi connectivity index (χ0n) is 10.2. The minimum Gasteiger partial charge on any atom is -0.330 e. The van der Waals surface area contributed by atoms with E-state index >= 15 is 0 Å². The summed E-state index contributed by atoms with van der Waals surface area (Å²) in [5, 5.41) is 9.91. The predicted octanol–water partition coefficient (Wildman–Crippen LogP) is -2.61. The molecule has 0 aliphatic rings. The van der Waals surface area contributed by atoms with E-state index < -0.39 is 0 Å². The normalized spacial score (nSPS) is 12.9. The topological polar surface area (TPSA) is 114 Å². The van der Waals surface area contributed by atoms with Gasteiger partial charge in [0.05, 0.1) is 0 Å². The first kappa shape index (κ1) is 15.8. The molecule has 6 heteroatoms. The van der Waals surface area contributed by atoms with Crippen LogP contribution in [0.1, 0.15) is 6.42 Å². The molecule has 0 rings (SSSR count). The number of nitrogens with two attached hydrogens (primary N) is 3. The average Bonchev–Trinajstić information content (AvgIpc) is 2.31. The molecule has 0 heterocycles. The van der Waals surface area contributed by atoms with Gasteiger partial charge in [0.2, 0.25) is 0 Å². The molecule has 0 fully saturated rings. The molecule has 0 spiro atoms. The van der Waals surface area contributed by atoms with Gasteiger partial charge in [-0.25, -0.2) is 0 Å². The van der Waals surface area contributed by atoms with Crippen molar-refractivity contribution in [3.63, 3.8) is 0 Å². The van der Waals surface area contributed by atoms with Crippen molar-refractivity contribution in [3.8, 4) is 0 Å². The molecule has 0 aromatic rings. The van der Waals surface area contributed by atoms with Crippen LogP contribution in [0.25, 0.3) is 0 Å². The standard InChI is InChI=1S/C10H28N6/c11-2-1-10(9-13)16-8-7-15-6-5-14-4-3-12/h10,14-16H,1-9,11-13H2. The predicted molar refractivity (Wildman–Crippen MR) is 69.3 cm³/mol. The van der Waals surface area contributed by atoms with E-state index in [0.29, 0.717) is 25.7 Å². The smallest absolute Gasteiger partial charge is 0.0202 e. The van der Waals surface area contributed by atoms with E-state index in [9.17, 15) is 0 Å². The summed E-state index contributed by atoms with van der Waals surface area (Å²) in [6, 6.07) is 0.349. The monoisotopic (exact) mass is 232 g/mol. The van der Waals surface area contributed by atoms with Crippen molar-refractivity contribution >= 4 is 0 Å². The first-order valence-electron chi connectivity index (χ1n) is 6.10. The lowest BCUT2D eigenvalue weighted by molar-refractivity contribution is 0.482. The molecular weight excluding hydrogens is 204 g/mol. The molecule has 0 aliphatic carbocycles. The van der Waals surface area contributed by atoms with Gasteiger partial charge in [-0.1, -0.05) is 0 Å². The van der Waals surface area contributed by atoms with E-state index in [1.807, 2.05) is 0 Å². The summed E-state index contributed by atoms with van der Waals surface area (Å²) in [5.74, 6) is 0. The van der Waals surface area contributed by atoms with E-state index in [1.54, 1.807) is 0 Å². The maximum Gasteiger partial charge on any atom is 0.0202 e. The number of nitrogens with one attached hydrogen (secondary N) is 3. The maximum absolute atomic E-state index is 5.59. The summed E-state index contributed by atoms with van der Waals surface area (Å²) in [6.07, 6.45) is 0.939. The number of rotatable bonds is 12. The van der Waals surface area contributed by atoms with Gasteiger partial charge in [-0.05, 0) is 13.0 Å². The van der Waals surface area contributed by atoms with Crippen LogP contribution in [0.3, 0.4) is 0 Å². The molecule has 0 radical (unpaired) electrons. The van der Waals surface area contributed by atoms with E-state index in [-0.39, 0.29) is 0 Å². The molecule has 1 atom stereocenters. The highest BCUT2D eigenvalue weighted by molar-refractivity contribution is 4.68. The Hall–Kier alpha value is -0.240. The fourth-order valence-corrected chi connectivity index (χ4v) is 1.40. The van der Waals surface area contributed by atoms with Crippen LogP contribution >= 0.6 is 0 Å². The molecule has 0 aliphatic heterocycles. The summed E-state index contributed by atoms with van der Waals surface area (Å²) in [6.45, 7) is 6.71. The van der Waals surface area contributed by atoms with Gasteiger partial charge >= 0.3 is 0 Å². The molecular formula is C10H28N6. The van der Waals surface area contributed by atoms with Gasteiger partial charge in [0.25, 0.3) is 0 Å². The Morgan fingerprint density at radius 1 is 0.750 bits per heavy atom. The van der Waals surface area contributed by atoms with Crippen molar-refractivity contribution in [2.45, 2.75) is 12.5 Å². The summed E-state index contributed by atoms with van der Waals surface area (Å²) in [4.78, 5) is 0. The summed E-state index contributed by atoms with van der Waals surface area (Å²) >= 11 is 0. The zero-order chi connectivity index (χ0) is 12.1. The SMILES string of the molecule is NCCNCCNCCNC(CN)CCN. The molecule has 6 nitrogen and oxygen atoms in total. The highest BCUT2D eigenvalue weighted by atomic mass is 15.0. The van der Waals surface area contributed by atoms with E-state index in [4.69, 9.17) is 17.2 Å². The van der Waals surface area contributed by atoms with Gasteiger partial charge in [0.15, 0.2) is 0 Å². The second-order valence-corrected chi connectivity index (χ2v) is 3.75. The molecule has 0 saturated carbocycles. The Kier molecular flexibility index (Phi) is 12.6. The van der Waals surface area contributed by atoms with Crippen LogP contribution in [-0.4, -0.2) is 58.4 Å². The molecule has 1 unspecified atom stereocenters. The van der Waals surface area contributed by atoms with Gasteiger partial charge in [0, 0.05) is 51.9 Å². The second kappa shape index (κ2) is 12.8. The van der Waals surface area contributed by atoms with Crippen LogP contribution < -0.4 is 33.2 Å². The van der Waals surface area contributed by atoms with Gasteiger partial charge in [-0.2, -0.15) is 0 Å². The van der Waals surface area contributed by atoms with Gasteiger partial charge in [-0.15, -0.1) is 0 Å². The highest BCUT2D eigenvalue weighted by Gasteiger charge is 2.02. The van der Waals surface area contributed by atoms with Crippen molar-refractivity contribution in [2.75, 3.05) is 52.4 Å². The van der Waals surface area contributed by atoms with Crippen molar-refractivity contribution < 1.29 is 0 Å². The van der Waals surface area contributed by atoms with Gasteiger partial charge in [0.1, 0.15) is 0 Å². The van der Waals surface area contributed by atoms with Crippen molar-refractivity contribution in [1.82, 2.24) is 16.0 Å². The third-order valence-electron chi connectivity index (χ3n) is 2.33. The minimum atomic E-state index is 0.349. The Balaban J connectivity index is 3.12. The summed E-state index contributed by atoms with van der Waals surface area (Å²) in [7, 11) is 0. The average molecular weight is 232 g/mol. The van der Waals surface area contributed by atoms with Crippen LogP contribution in [0, 0.1) is 0 Å². The Bertz CT molecular complexity index is 132. The van der Waals surface area contributed by atoms with Crippen LogP contribution in [0.5, 0.6) is 0 Å². The molecule has 0 amide bonds. The first-order valence-corrected chi connectivity index (χ1v) is 6.10. The van der Waals surface area contributed by atoms with Crippen LogP contribution in [0.4, 0.5) is 0 Å². The largest absolute Gasteiger partial charge is 0.330 e. The third kappa shape index (κ3) is 10.3. The quantitative estimate of drug-likeness (QED) is 0.206. The minimum absolute atomic E-state index is 0.349. The van der Waals surface area contributed by atoms with Crippen molar-refractivity contribution in [1.29, 1.82) is 0 Å². The van der Waals surface area contributed by atoms with Gasteiger partial charge < -0.3 is 33.2 Å². The van der Waals surface area contributed by atoms with E-state index in [1.165, 1.54) is 0 Å². The first-order chi connectivity index (χ1) is 7.85. The lowest BCUT2D eigenvalue weighted by Gasteiger charge is -2.15. The van der Waals surface area contributed by atoms with Crippen molar-refractivity contribution in [3.05, 3.63) is 0 Å². The van der Waals surface area contributed by atoms with Crippen LogP contribution in [-0.2, 0) is 0 Å². The lowest BCUT2D eigenvalue weighted by atomic mass is 10.2. The third-order valence-corrected chi connectivity index (χ3v) is 2.33. The lowest BCUT2D eigenvalue weighted by Crippen LogP contribution is -2.41. The molecule has 9 N–H and O–H groups in total. The molecule has 0 saturated heterocycles. The Morgan fingerprint density at radius 3 is 1.94 bits per heavy atom. The molecule has 0 bridgehead atoms. The molecule has 98 valence electrons. The molecule has 0 aromatic carbocycles. The molecule has 0 aromatic heterocycles. The van der Waals surface area contributed by atoms with Crippen LogP contribution in [0.15, 0.2) is 0 Å². The van der Waals surface area contributed by atoms with E-state index in [2.05, 4.69) is 16.0 Å². The summed E-state index contributed by atoms with van der Waals surface area (Å²) in [5.41, 5.74) is 16.4. The van der Waals surface area contributed by atoms with Crippen molar-refractivity contribution in [2.24, 2.45) is 17.2 Å². The highest BCUT2D eigenvalue weighted by Crippen LogP contribution is 1.84. The second-order valence-electron chi connectivity index (χ2n) is 3.75. The number of hydrogen-bond acceptors (Lipinski definition) is 6. The number of hydrogen-bond donors (Lipinski definition) is 6. The summed E-state index contributed by atoms with van der Waals surface area (Å²) < 4.78 is 0. The fourth-order valence-electron chi connectivity index (χ4n) is 1.40. The Labute approximate surface area is 98.7 Å². The van der Waals surface area contributed by atoms with Gasteiger partial charge in [-0.3, -0.25) is 0 Å². The molecule has 16 heavy (non-hydrogen) atoms. The fraction of sp³-hybridized carbons (Fsp3) is 1.00.